The van der Waals surface area contributed by atoms with E-state index in [4.69, 9.17) is 4.74 Å². The molecule has 5 heteroatoms. The third kappa shape index (κ3) is 5.65. The van der Waals surface area contributed by atoms with E-state index in [1.54, 1.807) is 6.07 Å². The first-order valence-electron chi connectivity index (χ1n) is 7.23. The molecule has 0 aromatic heterocycles. The summed E-state index contributed by atoms with van der Waals surface area (Å²) in [7, 11) is 2.14. The number of carbonyl (C=O) groups is 1. The zero-order valence-corrected chi connectivity index (χ0v) is 13.9. The number of hydrogen-bond donors (Lipinski definition) is 0. The molecule has 118 valence electrons. The van der Waals surface area contributed by atoms with Gasteiger partial charge in [0.15, 0.2) is 0 Å². The average Bonchev–Trinajstić information content (AvgIpc) is 2.41. The van der Waals surface area contributed by atoms with Crippen molar-refractivity contribution in [3.63, 3.8) is 0 Å². The first kappa shape index (κ1) is 18.0. The van der Waals surface area contributed by atoms with Crippen LogP contribution < -0.4 is 0 Å². The second kappa shape index (κ2) is 8.37. The van der Waals surface area contributed by atoms with E-state index in [-0.39, 0.29) is 24.5 Å². The van der Waals surface area contributed by atoms with Crippen LogP contribution in [0.3, 0.4) is 0 Å². The quantitative estimate of drug-likeness (QED) is 0.798. The van der Waals surface area contributed by atoms with Gasteiger partial charge in [-0.3, -0.25) is 4.90 Å². The van der Waals surface area contributed by atoms with Crippen molar-refractivity contribution >= 4 is 18.4 Å². The second-order valence-electron chi connectivity index (χ2n) is 5.69. The Bertz CT molecular complexity index is 459. The molecule has 0 amide bonds. The van der Waals surface area contributed by atoms with Crippen molar-refractivity contribution in [2.75, 3.05) is 39.8 Å². The molecule has 0 radical (unpaired) electrons. The maximum Gasteiger partial charge on any atom is 0.338 e. The molecule has 0 bridgehead atoms. The van der Waals surface area contributed by atoms with Gasteiger partial charge < -0.3 is 9.64 Å². The number of benzene rings is 1. The van der Waals surface area contributed by atoms with Crippen LogP contribution in [-0.2, 0) is 4.74 Å². The lowest BCUT2D eigenvalue weighted by Gasteiger charge is -2.33. The van der Waals surface area contributed by atoms with E-state index in [0.29, 0.717) is 5.56 Å². The van der Waals surface area contributed by atoms with Gasteiger partial charge in [0.25, 0.3) is 0 Å². The van der Waals surface area contributed by atoms with Crippen LogP contribution in [0.5, 0.6) is 0 Å². The highest BCUT2D eigenvalue weighted by Crippen LogP contribution is 2.09. The summed E-state index contributed by atoms with van der Waals surface area (Å²) >= 11 is 0. The Morgan fingerprint density at radius 3 is 2.57 bits per heavy atom. The van der Waals surface area contributed by atoms with Crippen molar-refractivity contribution in [1.82, 2.24) is 9.80 Å². The zero-order chi connectivity index (χ0) is 14.5. The number of esters is 1. The number of piperazine rings is 1. The molecular formula is C16H25ClN2O2. The van der Waals surface area contributed by atoms with Crippen LogP contribution in [0.15, 0.2) is 24.3 Å². The second-order valence-corrected chi connectivity index (χ2v) is 5.69. The van der Waals surface area contributed by atoms with Crippen molar-refractivity contribution in [2.24, 2.45) is 0 Å². The predicted molar refractivity (Wildman–Crippen MR) is 87.2 cm³/mol. The zero-order valence-electron chi connectivity index (χ0n) is 13.0. The number of hydrogen-bond acceptors (Lipinski definition) is 4. The first-order valence-corrected chi connectivity index (χ1v) is 7.23. The van der Waals surface area contributed by atoms with E-state index in [9.17, 15) is 4.79 Å². The van der Waals surface area contributed by atoms with Crippen molar-refractivity contribution in [2.45, 2.75) is 20.0 Å². The van der Waals surface area contributed by atoms with Gasteiger partial charge in [-0.05, 0) is 33.0 Å². The fraction of sp³-hybridized carbons (Fsp3) is 0.562. The fourth-order valence-electron chi connectivity index (χ4n) is 2.45. The minimum Gasteiger partial charge on any atom is -0.458 e. The molecule has 1 saturated heterocycles. The monoisotopic (exact) mass is 312 g/mol. The van der Waals surface area contributed by atoms with Gasteiger partial charge in [0.2, 0.25) is 0 Å². The van der Waals surface area contributed by atoms with Crippen molar-refractivity contribution in [3.05, 3.63) is 35.4 Å². The van der Waals surface area contributed by atoms with Gasteiger partial charge in [-0.1, -0.05) is 17.7 Å². The maximum absolute atomic E-state index is 12.1. The number of likely N-dealkylation sites (N-methyl/N-ethyl adjacent to an activating group) is 1. The minimum atomic E-state index is -0.227. The molecule has 1 aliphatic heterocycles. The summed E-state index contributed by atoms with van der Waals surface area (Å²) in [5.74, 6) is -0.227. The van der Waals surface area contributed by atoms with Crippen LogP contribution in [0.2, 0.25) is 0 Å². The van der Waals surface area contributed by atoms with Gasteiger partial charge in [0, 0.05) is 32.7 Å². The van der Waals surface area contributed by atoms with Crippen LogP contribution in [0.4, 0.5) is 0 Å². The van der Waals surface area contributed by atoms with Crippen LogP contribution >= 0.6 is 12.4 Å². The Kier molecular flexibility index (Phi) is 7.15. The van der Waals surface area contributed by atoms with Gasteiger partial charge in [0.05, 0.1) is 5.56 Å². The SMILES string of the molecule is Cc1cccc(C(=O)OC(C)CN2CCN(C)CC2)c1.Cl. The molecule has 0 saturated carbocycles. The van der Waals surface area contributed by atoms with Gasteiger partial charge in [-0.25, -0.2) is 4.79 Å². The van der Waals surface area contributed by atoms with Crippen molar-refractivity contribution in [3.8, 4) is 0 Å². The Morgan fingerprint density at radius 1 is 1.29 bits per heavy atom. The molecule has 0 aliphatic carbocycles. The summed E-state index contributed by atoms with van der Waals surface area (Å²) in [5, 5.41) is 0. The Balaban J connectivity index is 0.00000220. The molecule has 2 rings (SSSR count). The molecule has 1 aliphatic rings. The molecule has 1 aromatic rings. The van der Waals surface area contributed by atoms with E-state index < -0.39 is 0 Å². The minimum absolute atomic E-state index is 0. The summed E-state index contributed by atoms with van der Waals surface area (Å²) in [5.41, 5.74) is 1.71. The summed E-state index contributed by atoms with van der Waals surface area (Å²) < 4.78 is 5.53. The molecule has 1 heterocycles. The lowest BCUT2D eigenvalue weighted by atomic mass is 10.1. The van der Waals surface area contributed by atoms with Crippen LogP contribution in [0, 0.1) is 6.92 Å². The van der Waals surface area contributed by atoms with Gasteiger partial charge >= 0.3 is 5.97 Å². The third-order valence-electron chi connectivity index (χ3n) is 3.67. The number of aryl methyl sites for hydroxylation is 1. The van der Waals surface area contributed by atoms with E-state index in [0.717, 1.165) is 38.3 Å². The molecule has 1 atom stereocenters. The smallest absolute Gasteiger partial charge is 0.338 e. The average molecular weight is 313 g/mol. The van der Waals surface area contributed by atoms with Crippen LogP contribution in [0.25, 0.3) is 0 Å². The van der Waals surface area contributed by atoms with Crippen molar-refractivity contribution in [1.29, 1.82) is 0 Å². The summed E-state index contributed by atoms with van der Waals surface area (Å²) in [6, 6.07) is 7.53. The highest BCUT2D eigenvalue weighted by molar-refractivity contribution is 5.89. The largest absolute Gasteiger partial charge is 0.458 e. The van der Waals surface area contributed by atoms with Gasteiger partial charge in [0.1, 0.15) is 6.10 Å². The topological polar surface area (TPSA) is 32.8 Å². The fourth-order valence-corrected chi connectivity index (χ4v) is 2.45. The lowest BCUT2D eigenvalue weighted by Crippen LogP contribution is -2.47. The van der Waals surface area contributed by atoms with Gasteiger partial charge in [-0.15, -0.1) is 12.4 Å². The maximum atomic E-state index is 12.1. The number of carbonyl (C=O) groups excluding carboxylic acids is 1. The number of rotatable bonds is 4. The van der Waals surface area contributed by atoms with Crippen molar-refractivity contribution < 1.29 is 9.53 Å². The molecular weight excluding hydrogens is 288 g/mol. The molecule has 1 fully saturated rings. The molecule has 1 aromatic carbocycles. The Hall–Kier alpha value is -1.10. The third-order valence-corrected chi connectivity index (χ3v) is 3.67. The molecule has 1 unspecified atom stereocenters. The summed E-state index contributed by atoms with van der Waals surface area (Å²) in [6.45, 7) is 9.00. The summed E-state index contributed by atoms with van der Waals surface area (Å²) in [6.07, 6.45) is -0.0774. The van der Waals surface area contributed by atoms with Crippen LogP contribution in [-0.4, -0.2) is 61.6 Å². The normalized spacial score (nSPS) is 17.9. The number of halogens is 1. The molecule has 0 N–H and O–H groups in total. The predicted octanol–water partition coefficient (Wildman–Crippen LogP) is 2.21. The molecule has 4 nitrogen and oxygen atoms in total. The van der Waals surface area contributed by atoms with E-state index in [1.807, 2.05) is 32.0 Å². The highest BCUT2D eigenvalue weighted by atomic mass is 35.5. The number of nitrogens with zero attached hydrogens (tertiary/aromatic N) is 2. The van der Waals surface area contributed by atoms with Crippen LogP contribution in [0.1, 0.15) is 22.8 Å². The first-order chi connectivity index (χ1) is 9.54. The van der Waals surface area contributed by atoms with E-state index in [2.05, 4.69) is 16.8 Å². The molecule has 21 heavy (non-hydrogen) atoms. The highest BCUT2D eigenvalue weighted by Gasteiger charge is 2.18. The van der Waals surface area contributed by atoms with E-state index in [1.165, 1.54) is 0 Å². The summed E-state index contributed by atoms with van der Waals surface area (Å²) in [4.78, 5) is 16.7. The van der Waals surface area contributed by atoms with Gasteiger partial charge in [-0.2, -0.15) is 0 Å². The number of ether oxygens (including phenoxy) is 1. The Morgan fingerprint density at radius 2 is 1.95 bits per heavy atom. The van der Waals surface area contributed by atoms with E-state index >= 15 is 0 Å². The Labute approximate surface area is 133 Å². The molecule has 0 spiro atoms. The standard InChI is InChI=1S/C16H24N2O2.ClH/c1-13-5-4-6-15(11-13)16(19)20-14(2)12-18-9-7-17(3)8-10-18;/h4-6,11,14H,7-10,12H2,1-3H3;1H. The lowest BCUT2D eigenvalue weighted by molar-refractivity contribution is 0.0207.